The molecule has 0 radical (unpaired) electrons. The highest BCUT2D eigenvalue weighted by molar-refractivity contribution is 6.35. The van der Waals surface area contributed by atoms with Crippen LogP contribution in [0, 0.1) is 19.3 Å². The average Bonchev–Trinajstić information content (AvgIpc) is 2.57. The molecule has 0 aliphatic rings. The van der Waals surface area contributed by atoms with Crippen LogP contribution in [0.2, 0.25) is 0 Å². The maximum atomic E-state index is 11.9. The van der Waals surface area contributed by atoms with E-state index in [1.807, 2.05) is 19.9 Å². The summed E-state index contributed by atoms with van der Waals surface area (Å²) < 4.78 is 11.1. The number of nitrogens with two attached hydrogens (primary N) is 1. The average molecular weight is 328 g/mol. The van der Waals surface area contributed by atoms with E-state index in [4.69, 9.17) is 25.6 Å². The van der Waals surface area contributed by atoms with Crippen LogP contribution in [-0.4, -0.2) is 11.7 Å². The minimum Gasteiger partial charge on any atom is -0.449 e. The van der Waals surface area contributed by atoms with Gasteiger partial charge in [0.05, 0.1) is 0 Å². The second-order valence-electron chi connectivity index (χ2n) is 5.34. The first-order chi connectivity index (χ1) is 11.4. The van der Waals surface area contributed by atoms with Gasteiger partial charge in [-0.1, -0.05) is 19.1 Å². The van der Waals surface area contributed by atoms with E-state index in [9.17, 15) is 4.79 Å². The van der Waals surface area contributed by atoms with Gasteiger partial charge in [-0.15, -0.1) is 0 Å². The first kappa shape index (κ1) is 17.5. The maximum absolute atomic E-state index is 11.9. The summed E-state index contributed by atoms with van der Waals surface area (Å²) in [5.41, 5.74) is 1.79. The molecule has 2 rings (SSSR count). The summed E-state index contributed by atoms with van der Waals surface area (Å²) in [5, 5.41) is 7.56. The summed E-state index contributed by atoms with van der Waals surface area (Å²) in [5.74, 6) is 5.92. The van der Waals surface area contributed by atoms with E-state index in [0.717, 1.165) is 11.1 Å². The molecule has 6 nitrogen and oxygen atoms in total. The van der Waals surface area contributed by atoms with E-state index in [0.29, 0.717) is 23.7 Å². The lowest BCUT2D eigenvalue weighted by atomic mass is 10.2. The molecule has 0 amide bonds. The van der Waals surface area contributed by atoms with Gasteiger partial charge in [0.25, 0.3) is 0 Å². The van der Waals surface area contributed by atoms with Crippen LogP contribution in [0.5, 0.6) is 23.0 Å². The molecule has 0 aliphatic carbocycles. The van der Waals surface area contributed by atoms with Crippen molar-refractivity contribution in [1.82, 2.24) is 0 Å². The summed E-state index contributed by atoms with van der Waals surface area (Å²) in [6, 6.07) is 10.5. The lowest BCUT2D eigenvalue weighted by Crippen LogP contribution is -2.18. The SMILES string of the molecule is CCC(=N)C(=O)Oc1ccc(C)cc1Oc1ccc(C)cc1ON. The van der Waals surface area contributed by atoms with Crippen LogP contribution in [0.15, 0.2) is 36.4 Å². The second-order valence-corrected chi connectivity index (χ2v) is 5.34. The monoisotopic (exact) mass is 328 g/mol. The first-order valence-electron chi connectivity index (χ1n) is 7.50. The molecule has 0 fully saturated rings. The highest BCUT2D eigenvalue weighted by Gasteiger charge is 2.16. The predicted octanol–water partition coefficient (Wildman–Crippen LogP) is 3.68. The zero-order chi connectivity index (χ0) is 17.7. The van der Waals surface area contributed by atoms with Crippen molar-refractivity contribution < 1.29 is 19.1 Å². The number of aryl methyl sites for hydroxylation is 2. The molecule has 0 saturated carbocycles. The lowest BCUT2D eigenvalue weighted by molar-refractivity contribution is -0.127. The van der Waals surface area contributed by atoms with Gasteiger partial charge in [-0.25, -0.2) is 4.79 Å². The van der Waals surface area contributed by atoms with Gasteiger partial charge in [-0.3, -0.25) is 5.41 Å². The molecule has 0 heterocycles. The van der Waals surface area contributed by atoms with Crippen LogP contribution >= 0.6 is 0 Å². The van der Waals surface area contributed by atoms with Gasteiger partial charge in [0.1, 0.15) is 5.71 Å². The van der Waals surface area contributed by atoms with Crippen LogP contribution in [0.25, 0.3) is 0 Å². The van der Waals surface area contributed by atoms with Crippen molar-refractivity contribution >= 4 is 11.7 Å². The Kier molecular flexibility index (Phi) is 5.55. The molecule has 0 unspecified atom stereocenters. The number of carbonyl (C=O) groups is 1. The highest BCUT2D eigenvalue weighted by atomic mass is 16.6. The van der Waals surface area contributed by atoms with E-state index in [1.165, 1.54) is 0 Å². The van der Waals surface area contributed by atoms with Crippen LogP contribution in [0.1, 0.15) is 24.5 Å². The molecular weight excluding hydrogens is 308 g/mol. The third kappa shape index (κ3) is 4.11. The molecule has 0 saturated heterocycles. The van der Waals surface area contributed by atoms with E-state index in [-0.39, 0.29) is 11.5 Å². The van der Waals surface area contributed by atoms with Crippen molar-refractivity contribution in [2.75, 3.05) is 0 Å². The Hall–Kier alpha value is -2.86. The number of rotatable bonds is 6. The number of ether oxygens (including phenoxy) is 2. The van der Waals surface area contributed by atoms with Gasteiger partial charge in [-0.2, -0.15) is 5.90 Å². The minimum absolute atomic E-state index is 0.108. The van der Waals surface area contributed by atoms with E-state index in [2.05, 4.69) is 0 Å². The number of nitrogens with one attached hydrogen (secondary N) is 1. The number of esters is 1. The molecule has 2 aromatic rings. The second kappa shape index (κ2) is 7.61. The van der Waals surface area contributed by atoms with Crippen LogP contribution in [-0.2, 0) is 4.79 Å². The highest BCUT2D eigenvalue weighted by Crippen LogP contribution is 2.37. The molecule has 0 aromatic heterocycles. The van der Waals surface area contributed by atoms with Crippen molar-refractivity contribution in [2.45, 2.75) is 27.2 Å². The number of carbonyl (C=O) groups excluding carboxylic acids is 1. The fourth-order valence-corrected chi connectivity index (χ4v) is 2.00. The van der Waals surface area contributed by atoms with Gasteiger partial charge in [0.2, 0.25) is 0 Å². The van der Waals surface area contributed by atoms with Gasteiger partial charge in [-0.05, 0) is 55.7 Å². The quantitative estimate of drug-likeness (QED) is 0.365. The standard InChI is InChI=1S/C18H20N2O4/c1-4-13(19)18(21)23-14-7-5-11(2)9-16(14)22-15-8-6-12(3)10-17(15)24-20/h5-10,19H,4,20H2,1-3H3. The Balaban J connectivity index is 2.34. The third-order valence-electron chi connectivity index (χ3n) is 3.35. The van der Waals surface area contributed by atoms with Crippen molar-refractivity contribution in [3.8, 4) is 23.0 Å². The Labute approximate surface area is 140 Å². The first-order valence-corrected chi connectivity index (χ1v) is 7.50. The lowest BCUT2D eigenvalue weighted by Gasteiger charge is -2.14. The molecule has 6 heteroatoms. The summed E-state index contributed by atoms with van der Waals surface area (Å²) in [4.78, 5) is 16.7. The smallest absolute Gasteiger partial charge is 0.357 e. The van der Waals surface area contributed by atoms with Crippen molar-refractivity contribution in [3.05, 3.63) is 47.5 Å². The fourth-order valence-electron chi connectivity index (χ4n) is 2.00. The largest absolute Gasteiger partial charge is 0.449 e. The van der Waals surface area contributed by atoms with Crippen LogP contribution in [0.3, 0.4) is 0 Å². The summed E-state index contributed by atoms with van der Waals surface area (Å²) in [6.07, 6.45) is 0.296. The van der Waals surface area contributed by atoms with Crippen LogP contribution in [0.4, 0.5) is 0 Å². The molecule has 0 atom stereocenters. The zero-order valence-electron chi connectivity index (χ0n) is 13.9. The summed E-state index contributed by atoms with van der Waals surface area (Å²) >= 11 is 0. The van der Waals surface area contributed by atoms with Crippen molar-refractivity contribution in [3.63, 3.8) is 0 Å². The number of hydrogen-bond donors (Lipinski definition) is 2. The van der Waals surface area contributed by atoms with Crippen molar-refractivity contribution in [1.29, 1.82) is 5.41 Å². The Morgan fingerprint density at radius 3 is 2.17 bits per heavy atom. The minimum atomic E-state index is -0.703. The topological polar surface area (TPSA) is 94.6 Å². The molecule has 24 heavy (non-hydrogen) atoms. The fraction of sp³-hybridized carbons (Fsp3) is 0.222. The Bertz CT molecular complexity index is 772. The van der Waals surface area contributed by atoms with E-state index >= 15 is 0 Å². The van der Waals surface area contributed by atoms with E-state index < -0.39 is 5.97 Å². The van der Waals surface area contributed by atoms with E-state index in [1.54, 1.807) is 37.3 Å². The third-order valence-corrected chi connectivity index (χ3v) is 3.35. The zero-order valence-corrected chi connectivity index (χ0v) is 13.9. The van der Waals surface area contributed by atoms with Gasteiger partial charge in [0, 0.05) is 0 Å². The Morgan fingerprint density at radius 1 is 1.00 bits per heavy atom. The molecule has 2 aromatic carbocycles. The molecule has 0 bridgehead atoms. The summed E-state index contributed by atoms with van der Waals surface area (Å²) in [7, 11) is 0. The van der Waals surface area contributed by atoms with Gasteiger partial charge < -0.3 is 14.3 Å². The van der Waals surface area contributed by atoms with Gasteiger partial charge >= 0.3 is 5.97 Å². The van der Waals surface area contributed by atoms with Crippen LogP contribution < -0.4 is 20.2 Å². The molecule has 126 valence electrons. The molecular formula is C18H20N2O4. The number of benzene rings is 2. The maximum Gasteiger partial charge on any atom is 0.357 e. The summed E-state index contributed by atoms with van der Waals surface area (Å²) in [6.45, 7) is 5.51. The molecule has 0 spiro atoms. The predicted molar refractivity (Wildman–Crippen MR) is 90.9 cm³/mol. The Morgan fingerprint density at radius 2 is 1.58 bits per heavy atom. The normalized spacial score (nSPS) is 10.2. The van der Waals surface area contributed by atoms with Crippen molar-refractivity contribution in [2.24, 2.45) is 5.90 Å². The number of hydrogen-bond acceptors (Lipinski definition) is 6. The molecule has 0 aliphatic heterocycles. The molecule has 3 N–H and O–H groups in total. The van der Waals surface area contributed by atoms with Gasteiger partial charge in [0.15, 0.2) is 23.0 Å².